The van der Waals surface area contributed by atoms with Crippen molar-refractivity contribution >= 4 is 8.37 Å². The molecule has 0 spiro atoms. The molecule has 0 aliphatic heterocycles. The Labute approximate surface area is 33.1 Å². The Bertz CT molecular complexity index is 28.8. The van der Waals surface area contributed by atoms with Crippen molar-refractivity contribution in [2.24, 2.45) is 5.73 Å². The van der Waals surface area contributed by atoms with Crippen molar-refractivity contribution in [2.45, 2.75) is 0 Å². The molecule has 0 heterocycles. The third kappa shape index (κ3) is 4.06. The van der Waals surface area contributed by atoms with Gasteiger partial charge in [-0.3, -0.25) is 5.16 Å². The summed E-state index contributed by atoms with van der Waals surface area (Å²) in [5.41, 5.74) is 5.01. The van der Waals surface area contributed by atoms with Gasteiger partial charge in [0.1, 0.15) is 0 Å². The molecular formula is C2H7N2P. The second-order valence-electron chi connectivity index (χ2n) is 0.670. The summed E-state index contributed by atoms with van der Waals surface area (Å²) >= 11 is 0. The van der Waals surface area contributed by atoms with Gasteiger partial charge in [0.05, 0.1) is 0 Å². The predicted octanol–water partition coefficient (Wildman–Crippen LogP) is 0.654. The summed E-state index contributed by atoms with van der Waals surface area (Å²) in [5.74, 6) is 0. The van der Waals surface area contributed by atoms with Crippen LogP contribution in [-0.4, -0.2) is 12.7 Å². The second kappa shape index (κ2) is 4.06. The molecule has 0 aliphatic carbocycles. The first-order valence-electron chi connectivity index (χ1n) is 1.45. The quantitative estimate of drug-likeness (QED) is 0.480. The minimum atomic E-state index is 0.644. The van der Waals surface area contributed by atoms with Crippen LogP contribution in [0.1, 0.15) is 0 Å². The zero-order valence-electron chi connectivity index (χ0n) is 2.94. The van der Waals surface area contributed by atoms with Gasteiger partial charge in [0.15, 0.2) is 0 Å². The maximum Gasteiger partial charge on any atom is 0.0189 e. The first-order valence-corrected chi connectivity index (χ1v) is 2.53. The Morgan fingerprint density at radius 2 is 2.40 bits per heavy atom. The van der Waals surface area contributed by atoms with Crippen LogP contribution in [0.4, 0.5) is 0 Å². The van der Waals surface area contributed by atoms with Crippen LogP contribution in [-0.2, 0) is 0 Å². The highest BCUT2D eigenvalue weighted by molar-refractivity contribution is 7.25. The van der Waals surface area contributed by atoms with E-state index in [9.17, 15) is 0 Å². The number of rotatable bonds is 2. The molecule has 0 aliphatic rings. The molecule has 0 unspecified atom stereocenters. The first-order chi connectivity index (χ1) is 2.41. The Morgan fingerprint density at radius 1 is 1.80 bits per heavy atom. The molecule has 0 rings (SSSR count). The van der Waals surface area contributed by atoms with E-state index in [0.717, 1.165) is 6.16 Å². The maximum absolute atomic E-state index is 6.49. The minimum absolute atomic E-state index is 0.644. The zero-order valence-corrected chi connectivity index (χ0v) is 3.83. The van der Waals surface area contributed by atoms with Crippen molar-refractivity contribution in [1.29, 1.82) is 5.16 Å². The monoisotopic (exact) mass is 90.0 g/mol. The van der Waals surface area contributed by atoms with E-state index in [1.807, 2.05) is 0 Å². The van der Waals surface area contributed by atoms with Gasteiger partial charge in [-0.15, -0.1) is 0 Å². The molecule has 0 bridgehead atoms. The molecule has 30 valence electrons. The molecule has 3 N–H and O–H groups in total. The van der Waals surface area contributed by atoms with E-state index < -0.39 is 0 Å². The van der Waals surface area contributed by atoms with Crippen molar-refractivity contribution in [3.63, 3.8) is 0 Å². The Hall–Kier alpha value is 0.0600. The van der Waals surface area contributed by atoms with Gasteiger partial charge in [-0.25, -0.2) is 0 Å². The second-order valence-corrected chi connectivity index (χ2v) is 1.43. The van der Waals surface area contributed by atoms with Crippen molar-refractivity contribution in [1.82, 2.24) is 0 Å². The molecule has 0 aromatic heterocycles. The summed E-state index contributed by atoms with van der Waals surface area (Å²) in [6.07, 6.45) is 0.806. The molecule has 0 amide bonds. The molecule has 0 saturated heterocycles. The highest BCUT2D eigenvalue weighted by Gasteiger charge is 1.64. The van der Waals surface area contributed by atoms with Crippen molar-refractivity contribution in [2.75, 3.05) is 12.7 Å². The third-order valence-electron chi connectivity index (χ3n) is 0.241. The van der Waals surface area contributed by atoms with Crippen LogP contribution in [0.15, 0.2) is 0 Å². The molecule has 0 saturated carbocycles. The summed E-state index contributed by atoms with van der Waals surface area (Å²) in [6.45, 7) is 0.644. The topological polar surface area (TPSA) is 49.9 Å². The molecule has 0 fully saturated rings. The average molecular weight is 90.1 g/mol. The maximum atomic E-state index is 6.49. The Kier molecular flexibility index (Phi) is 4.11. The Balaban J connectivity index is 2.40. The van der Waals surface area contributed by atoms with Crippen LogP contribution < -0.4 is 5.73 Å². The standard InChI is InChI=1S/C2H7N2P/c3-1-2-5-4/h4H,1-3H2. The van der Waals surface area contributed by atoms with Gasteiger partial charge >= 0.3 is 0 Å². The lowest BCUT2D eigenvalue weighted by atomic mass is 10.8. The molecular weight excluding hydrogens is 83.0 g/mol. The number of hydrogen-bond acceptors (Lipinski definition) is 2. The Morgan fingerprint density at radius 3 is 2.40 bits per heavy atom. The van der Waals surface area contributed by atoms with E-state index in [0.29, 0.717) is 14.9 Å². The van der Waals surface area contributed by atoms with Gasteiger partial charge in [-0.2, -0.15) is 0 Å². The van der Waals surface area contributed by atoms with E-state index >= 15 is 0 Å². The zero-order chi connectivity index (χ0) is 4.12. The van der Waals surface area contributed by atoms with Gasteiger partial charge in [0.25, 0.3) is 0 Å². The normalized spacial score (nSPS) is 9.00. The van der Waals surface area contributed by atoms with Crippen LogP contribution in [0.25, 0.3) is 0 Å². The average Bonchev–Trinajstić information content (AvgIpc) is 1.41. The minimum Gasteiger partial charge on any atom is -0.330 e. The van der Waals surface area contributed by atoms with Gasteiger partial charge < -0.3 is 5.73 Å². The smallest absolute Gasteiger partial charge is 0.0189 e. The summed E-state index contributed by atoms with van der Waals surface area (Å²) in [7, 11) is 0.655. The number of nitrogens with one attached hydrogen (secondary N) is 1. The summed E-state index contributed by atoms with van der Waals surface area (Å²) in [4.78, 5) is 0. The molecule has 0 radical (unpaired) electrons. The molecule has 5 heavy (non-hydrogen) atoms. The number of nitrogens with two attached hydrogens (primary N) is 1. The van der Waals surface area contributed by atoms with E-state index in [4.69, 9.17) is 10.9 Å². The predicted molar refractivity (Wildman–Crippen MR) is 23.6 cm³/mol. The fraction of sp³-hybridized carbons (Fsp3) is 1.00. The first kappa shape index (κ1) is 5.06. The van der Waals surface area contributed by atoms with Crippen LogP contribution in [0.2, 0.25) is 0 Å². The molecule has 3 heteroatoms. The van der Waals surface area contributed by atoms with Gasteiger partial charge in [0, 0.05) is 12.7 Å². The van der Waals surface area contributed by atoms with Crippen molar-refractivity contribution in [3.8, 4) is 0 Å². The molecule has 2 nitrogen and oxygen atoms in total. The van der Waals surface area contributed by atoms with Crippen LogP contribution in [0, 0.1) is 5.16 Å². The summed E-state index contributed by atoms with van der Waals surface area (Å²) in [6, 6.07) is 0. The van der Waals surface area contributed by atoms with Crippen molar-refractivity contribution in [3.05, 3.63) is 0 Å². The van der Waals surface area contributed by atoms with Crippen molar-refractivity contribution < 1.29 is 0 Å². The van der Waals surface area contributed by atoms with E-state index in [2.05, 4.69) is 0 Å². The molecule has 0 aromatic carbocycles. The lowest BCUT2D eigenvalue weighted by molar-refractivity contribution is 1.15. The largest absolute Gasteiger partial charge is 0.330 e. The highest BCUT2D eigenvalue weighted by atomic mass is 31.1. The third-order valence-corrected chi connectivity index (χ3v) is 0.723. The fourth-order valence-corrected chi connectivity index (χ4v) is 0.194. The van der Waals surface area contributed by atoms with Crippen LogP contribution in [0.5, 0.6) is 0 Å². The van der Waals surface area contributed by atoms with Gasteiger partial charge in [-0.1, -0.05) is 0 Å². The number of hydrogen-bond donors (Lipinski definition) is 2. The molecule has 0 aromatic rings. The van der Waals surface area contributed by atoms with E-state index in [1.54, 1.807) is 0 Å². The van der Waals surface area contributed by atoms with Gasteiger partial charge in [0.2, 0.25) is 0 Å². The van der Waals surface area contributed by atoms with Crippen LogP contribution in [0.3, 0.4) is 0 Å². The summed E-state index contributed by atoms with van der Waals surface area (Å²) in [5, 5.41) is 6.49. The lowest BCUT2D eigenvalue weighted by Gasteiger charge is -1.72. The van der Waals surface area contributed by atoms with Crippen LogP contribution >= 0.6 is 8.37 Å². The van der Waals surface area contributed by atoms with E-state index in [1.165, 1.54) is 0 Å². The molecule has 0 atom stereocenters. The highest BCUT2D eigenvalue weighted by Crippen LogP contribution is 1.84. The lowest BCUT2D eigenvalue weighted by Crippen LogP contribution is -1.97. The SMILES string of the molecule is N=PCCN. The summed E-state index contributed by atoms with van der Waals surface area (Å²) < 4.78 is 0. The van der Waals surface area contributed by atoms with E-state index in [-0.39, 0.29) is 0 Å². The fourth-order valence-electron chi connectivity index (χ4n) is 0.0645. The van der Waals surface area contributed by atoms with Gasteiger partial charge in [-0.05, 0) is 8.37 Å².